The molecule has 0 aromatic rings. The van der Waals surface area contributed by atoms with Gasteiger partial charge in [-0.1, -0.05) is 33.1 Å². The van der Waals surface area contributed by atoms with E-state index in [1.165, 1.54) is 38.6 Å². The second kappa shape index (κ2) is 9.01. The summed E-state index contributed by atoms with van der Waals surface area (Å²) in [6.07, 6.45) is 7.77. The average Bonchev–Trinajstić information content (AvgIpc) is 2.42. The van der Waals surface area contributed by atoms with Crippen LogP contribution in [0.4, 0.5) is 0 Å². The van der Waals surface area contributed by atoms with Gasteiger partial charge in [0.2, 0.25) is 0 Å². The number of nitrogens with zero attached hydrogens (tertiary/aromatic N) is 1. The van der Waals surface area contributed by atoms with Gasteiger partial charge in [0.05, 0.1) is 0 Å². The summed E-state index contributed by atoms with van der Waals surface area (Å²) in [5.41, 5.74) is 0.447. The predicted octanol–water partition coefficient (Wildman–Crippen LogP) is 3.03. The summed E-state index contributed by atoms with van der Waals surface area (Å²) in [5, 5.41) is 12.8. The zero-order valence-electron chi connectivity index (χ0n) is 14.1. The van der Waals surface area contributed by atoms with Crippen LogP contribution < -0.4 is 5.32 Å². The zero-order valence-corrected chi connectivity index (χ0v) is 14.1. The van der Waals surface area contributed by atoms with Gasteiger partial charge in [-0.3, -0.25) is 0 Å². The third kappa shape index (κ3) is 6.11. The molecule has 1 aliphatic rings. The molecule has 0 heterocycles. The highest BCUT2D eigenvalue weighted by molar-refractivity contribution is 4.89. The van der Waals surface area contributed by atoms with Gasteiger partial charge in [0, 0.05) is 38.3 Å². The van der Waals surface area contributed by atoms with Crippen LogP contribution in [-0.2, 0) is 0 Å². The molecule has 0 aliphatic heterocycles. The molecule has 1 saturated carbocycles. The van der Waals surface area contributed by atoms with Crippen molar-refractivity contribution in [2.45, 2.75) is 78.3 Å². The highest BCUT2D eigenvalue weighted by atomic mass is 16.3. The van der Waals surface area contributed by atoms with Gasteiger partial charge in [-0.2, -0.15) is 0 Å². The van der Waals surface area contributed by atoms with E-state index in [1.54, 1.807) is 0 Å². The van der Waals surface area contributed by atoms with Crippen LogP contribution >= 0.6 is 0 Å². The van der Waals surface area contributed by atoms with Crippen molar-refractivity contribution in [1.82, 2.24) is 10.2 Å². The molecule has 0 saturated heterocycles. The number of aliphatic hydroxyl groups is 1. The average molecular weight is 284 g/mol. The summed E-state index contributed by atoms with van der Waals surface area (Å²) in [6.45, 7) is 12.7. The van der Waals surface area contributed by atoms with Gasteiger partial charge in [0.1, 0.15) is 0 Å². The van der Waals surface area contributed by atoms with Crippen LogP contribution in [0.25, 0.3) is 0 Å². The summed E-state index contributed by atoms with van der Waals surface area (Å²) in [6, 6.07) is 1.14. The maximum atomic E-state index is 9.10. The lowest BCUT2D eigenvalue weighted by Gasteiger charge is -2.43. The SMILES string of the molecule is CC(C)NCC1(CN(CCCO)C(C)C)CCCCC1. The lowest BCUT2D eigenvalue weighted by atomic mass is 9.73. The Morgan fingerprint density at radius 2 is 1.75 bits per heavy atom. The minimum absolute atomic E-state index is 0.306. The molecule has 120 valence electrons. The van der Waals surface area contributed by atoms with Crippen molar-refractivity contribution in [1.29, 1.82) is 0 Å². The second-order valence-corrected chi connectivity index (χ2v) is 7.24. The van der Waals surface area contributed by atoms with Crippen LogP contribution in [0.5, 0.6) is 0 Å². The largest absolute Gasteiger partial charge is 0.396 e. The molecule has 0 radical (unpaired) electrons. The topological polar surface area (TPSA) is 35.5 Å². The van der Waals surface area contributed by atoms with E-state index in [4.69, 9.17) is 5.11 Å². The first kappa shape index (κ1) is 17.9. The first-order chi connectivity index (χ1) is 9.49. The van der Waals surface area contributed by atoms with E-state index in [0.29, 0.717) is 24.1 Å². The second-order valence-electron chi connectivity index (χ2n) is 7.24. The molecular weight excluding hydrogens is 248 g/mol. The summed E-state index contributed by atoms with van der Waals surface area (Å²) < 4.78 is 0. The monoisotopic (exact) mass is 284 g/mol. The fourth-order valence-corrected chi connectivity index (χ4v) is 3.34. The van der Waals surface area contributed by atoms with Crippen LogP contribution in [-0.4, -0.2) is 48.3 Å². The van der Waals surface area contributed by atoms with Crippen molar-refractivity contribution in [2.75, 3.05) is 26.2 Å². The van der Waals surface area contributed by atoms with Crippen molar-refractivity contribution in [3.8, 4) is 0 Å². The Morgan fingerprint density at radius 3 is 2.25 bits per heavy atom. The van der Waals surface area contributed by atoms with Gasteiger partial charge in [-0.15, -0.1) is 0 Å². The number of aliphatic hydroxyl groups excluding tert-OH is 1. The Hall–Kier alpha value is -0.120. The molecular formula is C17H36N2O. The molecule has 3 nitrogen and oxygen atoms in total. The fraction of sp³-hybridized carbons (Fsp3) is 1.00. The maximum absolute atomic E-state index is 9.10. The van der Waals surface area contributed by atoms with E-state index in [9.17, 15) is 0 Å². The van der Waals surface area contributed by atoms with Crippen LogP contribution in [0.15, 0.2) is 0 Å². The third-order valence-corrected chi connectivity index (χ3v) is 4.67. The molecule has 0 atom stereocenters. The van der Waals surface area contributed by atoms with E-state index in [0.717, 1.165) is 19.5 Å². The quantitative estimate of drug-likeness (QED) is 0.683. The van der Waals surface area contributed by atoms with Gasteiger partial charge < -0.3 is 15.3 Å². The molecule has 2 N–H and O–H groups in total. The molecule has 3 heteroatoms. The van der Waals surface area contributed by atoms with Gasteiger partial charge in [0.15, 0.2) is 0 Å². The highest BCUT2D eigenvalue weighted by Gasteiger charge is 2.34. The number of hydrogen-bond donors (Lipinski definition) is 2. The smallest absolute Gasteiger partial charge is 0.0443 e. The maximum Gasteiger partial charge on any atom is 0.0443 e. The summed E-state index contributed by atoms with van der Waals surface area (Å²) >= 11 is 0. The molecule has 1 fully saturated rings. The minimum atomic E-state index is 0.306. The predicted molar refractivity (Wildman–Crippen MR) is 87.1 cm³/mol. The lowest BCUT2D eigenvalue weighted by molar-refractivity contribution is 0.0768. The first-order valence-electron chi connectivity index (χ1n) is 8.57. The standard InChI is InChI=1S/C17H36N2O/c1-15(2)18-13-17(9-6-5-7-10-17)14-19(16(3)4)11-8-12-20/h15-16,18,20H,5-14H2,1-4H3. The first-order valence-corrected chi connectivity index (χ1v) is 8.57. The molecule has 0 aromatic carbocycles. The van der Waals surface area contributed by atoms with E-state index >= 15 is 0 Å². The molecule has 20 heavy (non-hydrogen) atoms. The normalized spacial score (nSPS) is 19.2. The molecule has 1 aliphatic carbocycles. The number of nitrogens with one attached hydrogen (secondary N) is 1. The summed E-state index contributed by atoms with van der Waals surface area (Å²) in [4.78, 5) is 2.57. The van der Waals surface area contributed by atoms with Gasteiger partial charge in [-0.05, 0) is 38.5 Å². The van der Waals surface area contributed by atoms with E-state index < -0.39 is 0 Å². The van der Waals surface area contributed by atoms with E-state index in [-0.39, 0.29) is 0 Å². The van der Waals surface area contributed by atoms with Crippen molar-refractivity contribution < 1.29 is 5.11 Å². The van der Waals surface area contributed by atoms with Crippen molar-refractivity contribution in [2.24, 2.45) is 5.41 Å². The van der Waals surface area contributed by atoms with Gasteiger partial charge >= 0.3 is 0 Å². The van der Waals surface area contributed by atoms with E-state index in [1.807, 2.05) is 0 Å². The molecule has 0 amide bonds. The molecule has 0 unspecified atom stereocenters. The fourth-order valence-electron chi connectivity index (χ4n) is 3.34. The van der Waals surface area contributed by atoms with Crippen LogP contribution in [0, 0.1) is 5.41 Å². The lowest BCUT2D eigenvalue weighted by Crippen LogP contribution is -2.48. The van der Waals surface area contributed by atoms with Crippen LogP contribution in [0.3, 0.4) is 0 Å². The van der Waals surface area contributed by atoms with Crippen molar-refractivity contribution in [3.63, 3.8) is 0 Å². The molecule has 1 rings (SSSR count). The van der Waals surface area contributed by atoms with Gasteiger partial charge in [-0.25, -0.2) is 0 Å². The number of hydrogen-bond acceptors (Lipinski definition) is 3. The van der Waals surface area contributed by atoms with Gasteiger partial charge in [0.25, 0.3) is 0 Å². The third-order valence-electron chi connectivity index (χ3n) is 4.67. The summed E-state index contributed by atoms with van der Waals surface area (Å²) in [5.74, 6) is 0. The Morgan fingerprint density at radius 1 is 1.10 bits per heavy atom. The Balaban J connectivity index is 2.65. The number of rotatable bonds is 9. The van der Waals surface area contributed by atoms with E-state index in [2.05, 4.69) is 37.9 Å². The van der Waals surface area contributed by atoms with Crippen LogP contribution in [0.2, 0.25) is 0 Å². The molecule has 0 aromatic heterocycles. The Labute approximate surface area is 126 Å². The highest BCUT2D eigenvalue weighted by Crippen LogP contribution is 2.37. The zero-order chi connectivity index (χ0) is 15.0. The van der Waals surface area contributed by atoms with Crippen LogP contribution in [0.1, 0.15) is 66.2 Å². The molecule has 0 spiro atoms. The Kier molecular flexibility index (Phi) is 8.08. The Bertz CT molecular complexity index is 247. The van der Waals surface area contributed by atoms with Crippen molar-refractivity contribution >= 4 is 0 Å². The minimum Gasteiger partial charge on any atom is -0.396 e. The molecule has 0 bridgehead atoms. The summed E-state index contributed by atoms with van der Waals surface area (Å²) in [7, 11) is 0. The van der Waals surface area contributed by atoms with Crippen molar-refractivity contribution in [3.05, 3.63) is 0 Å².